The average Bonchev–Trinajstić information content (AvgIpc) is 2.21. The maximum absolute atomic E-state index is 5.80. The van der Waals surface area contributed by atoms with Crippen LogP contribution in [-0.2, 0) is 4.74 Å². The molecule has 1 atom stereocenters. The lowest BCUT2D eigenvalue weighted by Crippen LogP contribution is -2.16. The second-order valence-electron chi connectivity index (χ2n) is 3.99. The second-order valence-corrected chi connectivity index (χ2v) is 4.78. The van der Waals surface area contributed by atoms with Crippen molar-refractivity contribution in [3.05, 3.63) is 16.0 Å². The Kier molecular flexibility index (Phi) is 4.68. The Hall–Kier alpha value is -0.680. The molecule has 1 heterocycles. The fraction of sp³-hybridized carbons (Fsp3) is 0.636. The monoisotopic (exact) mass is 287 g/mol. The van der Waals surface area contributed by atoms with E-state index in [9.17, 15) is 0 Å². The first-order valence-corrected chi connectivity index (χ1v) is 6.17. The van der Waals surface area contributed by atoms with E-state index in [1.807, 2.05) is 13.8 Å². The average molecular weight is 288 g/mol. The lowest BCUT2D eigenvalue weighted by atomic mass is 10.1. The summed E-state index contributed by atoms with van der Waals surface area (Å²) in [7, 11) is 0. The highest BCUT2D eigenvalue weighted by Crippen LogP contribution is 2.27. The van der Waals surface area contributed by atoms with Crippen molar-refractivity contribution in [3.63, 3.8) is 0 Å². The van der Waals surface area contributed by atoms with Crippen molar-refractivity contribution in [3.8, 4) is 0 Å². The standard InChI is InChI=1S/C11H18BrN3O/c1-5-16-9(6(2)3)11-14-7(4)8(12)10(13)15-11/h6,9H,5H2,1-4H3,(H2,13,14,15). The molecule has 0 fully saturated rings. The van der Waals surface area contributed by atoms with Gasteiger partial charge in [0.1, 0.15) is 11.9 Å². The Morgan fingerprint density at radius 3 is 2.44 bits per heavy atom. The molecule has 90 valence electrons. The van der Waals surface area contributed by atoms with Crippen LogP contribution in [0, 0.1) is 12.8 Å². The molecule has 0 spiro atoms. The highest BCUT2D eigenvalue weighted by atomic mass is 79.9. The summed E-state index contributed by atoms with van der Waals surface area (Å²) in [5.41, 5.74) is 6.64. The molecule has 0 aliphatic carbocycles. The largest absolute Gasteiger partial charge is 0.383 e. The van der Waals surface area contributed by atoms with Crippen LogP contribution in [0.2, 0.25) is 0 Å². The predicted octanol–water partition coefficient (Wildman–Crippen LogP) is 2.86. The van der Waals surface area contributed by atoms with E-state index in [2.05, 4.69) is 39.7 Å². The predicted molar refractivity (Wildman–Crippen MR) is 68.1 cm³/mol. The molecule has 0 amide bonds. The second kappa shape index (κ2) is 5.59. The van der Waals surface area contributed by atoms with Gasteiger partial charge >= 0.3 is 0 Å². The Bertz CT molecular complexity index is 345. The summed E-state index contributed by atoms with van der Waals surface area (Å²) in [4.78, 5) is 8.68. The molecule has 0 aromatic carbocycles. The van der Waals surface area contributed by atoms with Gasteiger partial charge in [-0.15, -0.1) is 0 Å². The molecule has 1 aromatic rings. The minimum atomic E-state index is -0.0981. The zero-order valence-electron chi connectivity index (χ0n) is 10.1. The minimum Gasteiger partial charge on any atom is -0.383 e. The van der Waals surface area contributed by atoms with Crippen LogP contribution >= 0.6 is 15.9 Å². The number of hydrogen-bond donors (Lipinski definition) is 1. The van der Waals surface area contributed by atoms with Crippen LogP contribution in [0.1, 0.15) is 38.4 Å². The molecular formula is C11H18BrN3O. The molecule has 0 bridgehead atoms. The van der Waals surface area contributed by atoms with E-state index in [1.54, 1.807) is 0 Å². The molecule has 0 aliphatic rings. The van der Waals surface area contributed by atoms with E-state index >= 15 is 0 Å². The van der Waals surface area contributed by atoms with Crippen LogP contribution in [0.5, 0.6) is 0 Å². The number of hydrogen-bond acceptors (Lipinski definition) is 4. The van der Waals surface area contributed by atoms with Crippen LogP contribution in [0.15, 0.2) is 4.47 Å². The molecule has 0 radical (unpaired) electrons. The molecule has 1 aromatic heterocycles. The van der Waals surface area contributed by atoms with Gasteiger partial charge in [0.05, 0.1) is 10.2 Å². The van der Waals surface area contributed by atoms with E-state index in [0.29, 0.717) is 24.2 Å². The summed E-state index contributed by atoms with van der Waals surface area (Å²) >= 11 is 3.35. The Morgan fingerprint density at radius 2 is 2.00 bits per heavy atom. The number of anilines is 1. The molecule has 0 aliphatic heterocycles. The number of nitrogens with zero attached hydrogens (tertiary/aromatic N) is 2. The van der Waals surface area contributed by atoms with Gasteiger partial charge in [0.25, 0.3) is 0 Å². The van der Waals surface area contributed by atoms with Gasteiger partial charge in [-0.25, -0.2) is 9.97 Å². The van der Waals surface area contributed by atoms with Gasteiger partial charge in [0, 0.05) is 6.61 Å². The summed E-state index contributed by atoms with van der Waals surface area (Å²) in [6.07, 6.45) is -0.0981. The van der Waals surface area contributed by atoms with Crippen LogP contribution in [0.4, 0.5) is 5.82 Å². The lowest BCUT2D eigenvalue weighted by Gasteiger charge is -2.20. The third-order valence-electron chi connectivity index (χ3n) is 2.27. The smallest absolute Gasteiger partial charge is 0.160 e. The molecule has 2 N–H and O–H groups in total. The van der Waals surface area contributed by atoms with Crippen molar-refractivity contribution < 1.29 is 4.74 Å². The molecule has 16 heavy (non-hydrogen) atoms. The third kappa shape index (κ3) is 2.92. The Balaban J connectivity index is 3.10. The first-order valence-electron chi connectivity index (χ1n) is 5.38. The van der Waals surface area contributed by atoms with Gasteiger partial charge in [0.15, 0.2) is 5.82 Å². The zero-order chi connectivity index (χ0) is 12.3. The highest BCUT2D eigenvalue weighted by Gasteiger charge is 2.20. The van der Waals surface area contributed by atoms with Crippen molar-refractivity contribution in [1.29, 1.82) is 0 Å². The normalized spacial score (nSPS) is 13.1. The summed E-state index contributed by atoms with van der Waals surface area (Å²) in [6, 6.07) is 0. The SMILES string of the molecule is CCOC(c1nc(C)c(Br)c(N)n1)C(C)C. The van der Waals surface area contributed by atoms with Crippen molar-refractivity contribution in [2.75, 3.05) is 12.3 Å². The molecule has 0 saturated heterocycles. The van der Waals surface area contributed by atoms with E-state index in [-0.39, 0.29) is 6.10 Å². The Morgan fingerprint density at radius 1 is 1.38 bits per heavy atom. The zero-order valence-corrected chi connectivity index (χ0v) is 11.7. The molecule has 5 heteroatoms. The minimum absolute atomic E-state index is 0.0981. The topological polar surface area (TPSA) is 61.0 Å². The van der Waals surface area contributed by atoms with Crippen LogP contribution in [0.25, 0.3) is 0 Å². The highest BCUT2D eigenvalue weighted by molar-refractivity contribution is 9.10. The molecular weight excluding hydrogens is 270 g/mol. The number of aryl methyl sites for hydroxylation is 1. The van der Waals surface area contributed by atoms with E-state index in [0.717, 1.165) is 10.2 Å². The number of ether oxygens (including phenoxy) is 1. The first-order chi connectivity index (χ1) is 7.47. The van der Waals surface area contributed by atoms with Crippen molar-refractivity contribution in [2.24, 2.45) is 5.92 Å². The van der Waals surface area contributed by atoms with Gasteiger partial charge in [-0.3, -0.25) is 0 Å². The van der Waals surface area contributed by atoms with E-state index in [4.69, 9.17) is 10.5 Å². The maximum atomic E-state index is 5.80. The molecule has 4 nitrogen and oxygen atoms in total. The van der Waals surface area contributed by atoms with Gasteiger partial charge in [0.2, 0.25) is 0 Å². The van der Waals surface area contributed by atoms with Gasteiger partial charge < -0.3 is 10.5 Å². The molecule has 1 unspecified atom stereocenters. The van der Waals surface area contributed by atoms with Crippen molar-refractivity contribution in [1.82, 2.24) is 9.97 Å². The summed E-state index contributed by atoms with van der Waals surface area (Å²) in [5.74, 6) is 1.45. The first kappa shape index (κ1) is 13.4. The fourth-order valence-corrected chi connectivity index (χ4v) is 1.65. The number of rotatable bonds is 4. The molecule has 1 rings (SSSR count). The molecule has 0 saturated carbocycles. The van der Waals surface area contributed by atoms with Crippen molar-refractivity contribution in [2.45, 2.75) is 33.8 Å². The number of nitrogens with two attached hydrogens (primary N) is 1. The quantitative estimate of drug-likeness (QED) is 0.925. The fourth-order valence-electron chi connectivity index (χ4n) is 1.48. The van der Waals surface area contributed by atoms with Gasteiger partial charge in [-0.05, 0) is 35.7 Å². The summed E-state index contributed by atoms with van der Waals surface area (Å²) < 4.78 is 6.40. The maximum Gasteiger partial charge on any atom is 0.160 e. The van der Waals surface area contributed by atoms with E-state index < -0.39 is 0 Å². The Labute approximate surface area is 105 Å². The summed E-state index contributed by atoms with van der Waals surface area (Å²) in [5, 5.41) is 0. The van der Waals surface area contributed by atoms with Crippen LogP contribution in [-0.4, -0.2) is 16.6 Å². The summed E-state index contributed by atoms with van der Waals surface area (Å²) in [6.45, 7) is 8.66. The van der Waals surface area contributed by atoms with Crippen LogP contribution in [0.3, 0.4) is 0 Å². The number of aromatic nitrogens is 2. The number of halogens is 1. The van der Waals surface area contributed by atoms with Gasteiger partial charge in [-0.1, -0.05) is 13.8 Å². The number of nitrogen functional groups attached to an aromatic ring is 1. The van der Waals surface area contributed by atoms with Gasteiger partial charge in [-0.2, -0.15) is 0 Å². The van der Waals surface area contributed by atoms with E-state index in [1.165, 1.54) is 0 Å². The van der Waals surface area contributed by atoms with Crippen molar-refractivity contribution >= 4 is 21.7 Å². The third-order valence-corrected chi connectivity index (χ3v) is 3.25. The lowest BCUT2D eigenvalue weighted by molar-refractivity contribution is 0.0232. The van der Waals surface area contributed by atoms with Crippen LogP contribution < -0.4 is 5.73 Å².